The van der Waals surface area contributed by atoms with Gasteiger partial charge in [-0.25, -0.2) is 0 Å². The Morgan fingerprint density at radius 3 is 2.47 bits per heavy atom. The van der Waals surface area contributed by atoms with Crippen LogP contribution in [0.3, 0.4) is 0 Å². The molecule has 4 rings (SSSR count). The molecule has 1 atom stereocenters. The maximum Gasteiger partial charge on any atom is 0.309 e. The van der Waals surface area contributed by atoms with Gasteiger partial charge in [-0.15, -0.1) is 0 Å². The van der Waals surface area contributed by atoms with Crippen LogP contribution in [0.2, 0.25) is 0 Å². The molecule has 2 amide bonds. The van der Waals surface area contributed by atoms with Crippen LogP contribution in [0.4, 0.5) is 11.4 Å². The number of fused-ring (bicyclic) bond motifs is 1. The average molecular weight is 433 g/mol. The number of nitrogens with zero attached hydrogens (tertiary/aromatic N) is 2. The summed E-state index contributed by atoms with van der Waals surface area (Å²) in [7, 11) is 4.01. The van der Waals surface area contributed by atoms with Crippen molar-refractivity contribution in [3.63, 3.8) is 0 Å². The zero-order valence-electron chi connectivity index (χ0n) is 18.4. The third-order valence-electron chi connectivity index (χ3n) is 5.76. The number of furan rings is 1. The fourth-order valence-electron chi connectivity index (χ4n) is 4.02. The molecule has 1 unspecified atom stereocenters. The number of para-hydroxylation sites is 1. The first-order valence-electron chi connectivity index (χ1n) is 10.7. The first kappa shape index (κ1) is 21.5. The zero-order valence-corrected chi connectivity index (χ0v) is 18.4. The molecule has 0 saturated carbocycles. The molecule has 1 aliphatic rings. The molecular weight excluding hydrogens is 404 g/mol. The molecule has 2 N–H and O–H groups in total. The summed E-state index contributed by atoms with van der Waals surface area (Å²) in [5.74, 6) is -0.734. The summed E-state index contributed by atoms with van der Waals surface area (Å²) in [6.07, 6.45) is 2.49. The fourth-order valence-corrected chi connectivity index (χ4v) is 4.02. The van der Waals surface area contributed by atoms with Gasteiger partial charge in [0.1, 0.15) is 5.76 Å². The SMILES string of the molecule is CN(C)c1ccc(C(CNC(=O)C(=O)NCc2ccco2)N2CCc3ccccc32)cc1. The minimum absolute atomic E-state index is 0.0864. The van der Waals surface area contributed by atoms with Gasteiger partial charge in [-0.3, -0.25) is 9.59 Å². The quantitative estimate of drug-likeness (QED) is 0.562. The summed E-state index contributed by atoms with van der Waals surface area (Å²) in [5.41, 5.74) is 4.66. The van der Waals surface area contributed by atoms with E-state index < -0.39 is 11.8 Å². The molecule has 7 nitrogen and oxygen atoms in total. The van der Waals surface area contributed by atoms with Crippen molar-refractivity contribution in [3.05, 3.63) is 83.8 Å². The van der Waals surface area contributed by atoms with E-state index in [0.717, 1.165) is 24.2 Å². The van der Waals surface area contributed by atoms with Gasteiger partial charge >= 0.3 is 11.8 Å². The third kappa shape index (κ3) is 4.77. The highest BCUT2D eigenvalue weighted by atomic mass is 16.3. The van der Waals surface area contributed by atoms with Crippen LogP contribution < -0.4 is 20.4 Å². The van der Waals surface area contributed by atoms with Crippen LogP contribution in [0.5, 0.6) is 0 Å². The molecule has 0 fully saturated rings. The predicted octanol–water partition coefficient (Wildman–Crippen LogP) is 2.88. The van der Waals surface area contributed by atoms with Crippen molar-refractivity contribution in [2.75, 3.05) is 37.0 Å². The largest absolute Gasteiger partial charge is 0.467 e. The number of carbonyl (C=O) groups is 2. The van der Waals surface area contributed by atoms with E-state index in [1.807, 2.05) is 26.2 Å². The molecule has 7 heteroatoms. The number of benzene rings is 2. The van der Waals surface area contributed by atoms with E-state index in [4.69, 9.17) is 4.42 Å². The molecule has 0 spiro atoms. The molecule has 1 aromatic heterocycles. The average Bonchev–Trinajstić information content (AvgIpc) is 3.48. The normalized spacial score (nSPS) is 13.4. The van der Waals surface area contributed by atoms with Gasteiger partial charge in [0.05, 0.1) is 18.8 Å². The van der Waals surface area contributed by atoms with Crippen LogP contribution in [0.15, 0.2) is 71.3 Å². The summed E-state index contributed by atoms with van der Waals surface area (Å²) in [4.78, 5) is 29.1. The number of amides is 2. The van der Waals surface area contributed by atoms with Gasteiger partial charge in [0.25, 0.3) is 0 Å². The van der Waals surface area contributed by atoms with Gasteiger partial charge in [0.2, 0.25) is 0 Å². The van der Waals surface area contributed by atoms with Crippen molar-refractivity contribution in [2.24, 2.45) is 0 Å². The Kier molecular flexibility index (Phi) is 6.44. The van der Waals surface area contributed by atoms with Crippen LogP contribution in [-0.2, 0) is 22.6 Å². The molecule has 0 radical (unpaired) electrons. The number of rotatable bonds is 7. The highest BCUT2D eigenvalue weighted by Gasteiger charge is 2.28. The lowest BCUT2D eigenvalue weighted by molar-refractivity contribution is -0.139. The van der Waals surface area contributed by atoms with Crippen LogP contribution in [-0.4, -0.2) is 39.0 Å². The summed E-state index contributed by atoms with van der Waals surface area (Å²) in [6, 6.07) is 20.1. The van der Waals surface area contributed by atoms with Gasteiger partial charge in [-0.05, 0) is 47.9 Å². The van der Waals surface area contributed by atoms with E-state index in [0.29, 0.717) is 12.3 Å². The Labute approximate surface area is 188 Å². The van der Waals surface area contributed by atoms with Gasteiger partial charge < -0.3 is 24.9 Å². The van der Waals surface area contributed by atoms with Crippen molar-refractivity contribution in [1.82, 2.24) is 10.6 Å². The smallest absolute Gasteiger partial charge is 0.309 e. The third-order valence-corrected chi connectivity index (χ3v) is 5.76. The maximum absolute atomic E-state index is 12.5. The molecule has 0 saturated heterocycles. The van der Waals surface area contributed by atoms with Gasteiger partial charge in [-0.2, -0.15) is 0 Å². The first-order valence-corrected chi connectivity index (χ1v) is 10.7. The van der Waals surface area contributed by atoms with E-state index in [2.05, 4.69) is 56.8 Å². The Bertz CT molecular complexity index is 1060. The van der Waals surface area contributed by atoms with Crippen molar-refractivity contribution in [2.45, 2.75) is 19.0 Å². The Morgan fingerprint density at radius 2 is 1.75 bits per heavy atom. The van der Waals surface area contributed by atoms with Crippen LogP contribution in [0, 0.1) is 0 Å². The van der Waals surface area contributed by atoms with Gasteiger partial charge in [0.15, 0.2) is 0 Å². The fraction of sp³-hybridized carbons (Fsp3) is 0.280. The molecule has 166 valence electrons. The van der Waals surface area contributed by atoms with E-state index in [9.17, 15) is 9.59 Å². The van der Waals surface area contributed by atoms with Crippen LogP contribution >= 0.6 is 0 Å². The Morgan fingerprint density at radius 1 is 1.00 bits per heavy atom. The second-order valence-corrected chi connectivity index (χ2v) is 8.05. The van der Waals surface area contributed by atoms with E-state index in [1.165, 1.54) is 17.5 Å². The van der Waals surface area contributed by atoms with E-state index in [1.54, 1.807) is 12.1 Å². The number of nitrogens with one attached hydrogen (secondary N) is 2. The zero-order chi connectivity index (χ0) is 22.5. The number of hydrogen-bond donors (Lipinski definition) is 2. The highest BCUT2D eigenvalue weighted by molar-refractivity contribution is 6.35. The standard InChI is InChI=1S/C25H28N4O3/c1-28(2)20-11-9-19(10-12-20)23(29-14-13-18-6-3-4-8-22(18)29)17-27-25(31)24(30)26-16-21-7-5-15-32-21/h3-12,15,23H,13-14,16-17H2,1-2H3,(H,26,30)(H,27,31). The minimum Gasteiger partial charge on any atom is -0.467 e. The van der Waals surface area contributed by atoms with Crippen molar-refractivity contribution >= 4 is 23.2 Å². The van der Waals surface area contributed by atoms with Crippen molar-refractivity contribution < 1.29 is 14.0 Å². The monoisotopic (exact) mass is 432 g/mol. The molecular formula is C25H28N4O3. The number of hydrogen-bond acceptors (Lipinski definition) is 5. The van der Waals surface area contributed by atoms with Crippen molar-refractivity contribution in [1.29, 1.82) is 0 Å². The summed E-state index contributed by atoms with van der Waals surface area (Å²) in [5, 5.41) is 5.41. The molecule has 32 heavy (non-hydrogen) atoms. The molecule has 1 aliphatic heterocycles. The molecule has 2 aromatic carbocycles. The van der Waals surface area contributed by atoms with Crippen LogP contribution in [0.25, 0.3) is 0 Å². The second kappa shape index (κ2) is 9.60. The molecule has 0 bridgehead atoms. The summed E-state index contributed by atoms with van der Waals surface area (Å²) < 4.78 is 5.19. The second-order valence-electron chi connectivity index (χ2n) is 8.05. The van der Waals surface area contributed by atoms with Gasteiger partial charge in [0, 0.05) is 38.6 Å². The lowest BCUT2D eigenvalue weighted by atomic mass is 10.0. The lowest BCUT2D eigenvalue weighted by Crippen LogP contribution is -2.43. The predicted molar refractivity (Wildman–Crippen MR) is 125 cm³/mol. The Balaban J connectivity index is 1.48. The maximum atomic E-state index is 12.5. The van der Waals surface area contributed by atoms with Gasteiger partial charge in [-0.1, -0.05) is 30.3 Å². The molecule has 3 aromatic rings. The van der Waals surface area contributed by atoms with Crippen LogP contribution in [0.1, 0.15) is 22.9 Å². The molecule has 2 heterocycles. The minimum atomic E-state index is -0.676. The Hall–Kier alpha value is -3.74. The summed E-state index contributed by atoms with van der Waals surface area (Å²) >= 11 is 0. The highest BCUT2D eigenvalue weighted by Crippen LogP contribution is 2.35. The summed E-state index contributed by atoms with van der Waals surface area (Å²) in [6.45, 7) is 1.36. The number of anilines is 2. The van der Waals surface area contributed by atoms with E-state index in [-0.39, 0.29) is 12.6 Å². The topological polar surface area (TPSA) is 77.8 Å². The van der Waals surface area contributed by atoms with Crippen molar-refractivity contribution in [3.8, 4) is 0 Å². The molecule has 0 aliphatic carbocycles. The lowest BCUT2D eigenvalue weighted by Gasteiger charge is -2.31. The number of carbonyl (C=O) groups excluding carboxylic acids is 2. The van der Waals surface area contributed by atoms with E-state index >= 15 is 0 Å². The first-order chi connectivity index (χ1) is 15.5.